The molecule has 2 aliphatic heterocycles. The molecule has 8 heteroatoms. The molecule has 172 valence electrons. The number of Topliss-reactive ketones (excluding diaryl/α,β-unsaturated/α-hetero) is 1. The zero-order valence-electron chi connectivity index (χ0n) is 18.8. The quantitative estimate of drug-likeness (QED) is 0.539. The second-order valence-corrected chi connectivity index (χ2v) is 8.21. The van der Waals surface area contributed by atoms with E-state index in [0.29, 0.717) is 29.9 Å². The third-order valence-electron chi connectivity index (χ3n) is 5.75. The van der Waals surface area contributed by atoms with E-state index in [0.717, 1.165) is 36.7 Å². The van der Waals surface area contributed by atoms with Gasteiger partial charge in [0.2, 0.25) is 18.6 Å². The van der Waals surface area contributed by atoms with Gasteiger partial charge < -0.3 is 19.7 Å². The SMILES string of the molecule is CC(=O)c1ccc(NC(=O)/C=C(/C)C(=O)N2CCN(Cc3ccc4c(c3)OCO4)CC2)cc1. The van der Waals surface area contributed by atoms with Crippen LogP contribution < -0.4 is 14.8 Å². The predicted octanol–water partition coefficient (Wildman–Crippen LogP) is 2.85. The molecule has 2 heterocycles. The van der Waals surface area contributed by atoms with Crippen LogP contribution in [0.15, 0.2) is 54.1 Å². The van der Waals surface area contributed by atoms with Crippen molar-refractivity contribution in [2.75, 3.05) is 38.3 Å². The maximum atomic E-state index is 12.8. The lowest BCUT2D eigenvalue weighted by atomic mass is 10.1. The van der Waals surface area contributed by atoms with Crippen molar-refractivity contribution < 1.29 is 23.9 Å². The highest BCUT2D eigenvalue weighted by Gasteiger charge is 2.23. The van der Waals surface area contributed by atoms with Gasteiger partial charge in [-0.1, -0.05) is 6.07 Å². The van der Waals surface area contributed by atoms with E-state index in [1.165, 1.54) is 13.0 Å². The average molecular weight is 450 g/mol. The van der Waals surface area contributed by atoms with Crippen LogP contribution in [0.25, 0.3) is 0 Å². The minimum atomic E-state index is -0.377. The van der Waals surface area contributed by atoms with Crippen molar-refractivity contribution >= 4 is 23.3 Å². The minimum Gasteiger partial charge on any atom is -0.454 e. The summed E-state index contributed by atoms with van der Waals surface area (Å²) in [4.78, 5) is 40.5. The molecule has 0 aromatic heterocycles. The number of nitrogens with one attached hydrogen (secondary N) is 1. The summed E-state index contributed by atoms with van der Waals surface area (Å²) < 4.78 is 10.8. The highest BCUT2D eigenvalue weighted by atomic mass is 16.7. The van der Waals surface area contributed by atoms with E-state index >= 15 is 0 Å². The molecule has 0 unspecified atom stereocenters. The molecule has 2 aliphatic rings. The minimum absolute atomic E-state index is 0.0368. The fraction of sp³-hybridized carbons (Fsp3) is 0.320. The Morgan fingerprint density at radius 2 is 1.64 bits per heavy atom. The van der Waals surface area contributed by atoms with E-state index in [2.05, 4.69) is 10.2 Å². The van der Waals surface area contributed by atoms with Gasteiger partial charge in [-0.3, -0.25) is 19.3 Å². The fourth-order valence-corrected chi connectivity index (χ4v) is 3.88. The van der Waals surface area contributed by atoms with Gasteiger partial charge in [0.25, 0.3) is 0 Å². The van der Waals surface area contributed by atoms with E-state index in [4.69, 9.17) is 9.47 Å². The lowest BCUT2D eigenvalue weighted by Gasteiger charge is -2.35. The molecule has 8 nitrogen and oxygen atoms in total. The number of piperazine rings is 1. The largest absolute Gasteiger partial charge is 0.454 e. The van der Waals surface area contributed by atoms with E-state index < -0.39 is 0 Å². The van der Waals surface area contributed by atoms with Gasteiger partial charge in [0.15, 0.2) is 17.3 Å². The van der Waals surface area contributed by atoms with Crippen LogP contribution >= 0.6 is 0 Å². The molecule has 4 rings (SSSR count). The summed E-state index contributed by atoms with van der Waals surface area (Å²) in [6.45, 7) is 6.88. The van der Waals surface area contributed by atoms with Gasteiger partial charge in [0.1, 0.15) is 0 Å². The molecule has 2 aromatic carbocycles. The van der Waals surface area contributed by atoms with Crippen molar-refractivity contribution in [2.24, 2.45) is 0 Å². The summed E-state index contributed by atoms with van der Waals surface area (Å²) in [6.07, 6.45) is 1.32. The molecule has 0 bridgehead atoms. The number of anilines is 1. The van der Waals surface area contributed by atoms with E-state index in [1.807, 2.05) is 18.2 Å². The monoisotopic (exact) mass is 449 g/mol. The number of ketones is 1. The number of hydrogen-bond acceptors (Lipinski definition) is 6. The van der Waals surface area contributed by atoms with Gasteiger partial charge in [-0.15, -0.1) is 0 Å². The van der Waals surface area contributed by atoms with E-state index in [-0.39, 0.29) is 24.4 Å². The number of rotatable bonds is 6. The van der Waals surface area contributed by atoms with Crippen molar-refractivity contribution in [3.05, 3.63) is 65.2 Å². The predicted molar refractivity (Wildman–Crippen MR) is 123 cm³/mol. The smallest absolute Gasteiger partial charge is 0.249 e. The number of amides is 2. The van der Waals surface area contributed by atoms with Crippen LogP contribution in [0.1, 0.15) is 29.8 Å². The van der Waals surface area contributed by atoms with Crippen LogP contribution in [0.4, 0.5) is 5.69 Å². The molecule has 1 saturated heterocycles. The van der Waals surface area contributed by atoms with E-state index in [9.17, 15) is 14.4 Å². The molecule has 1 fully saturated rings. The Labute approximate surface area is 192 Å². The maximum absolute atomic E-state index is 12.8. The summed E-state index contributed by atoms with van der Waals surface area (Å²) in [5.74, 6) is 0.992. The van der Waals surface area contributed by atoms with Gasteiger partial charge >= 0.3 is 0 Å². The molecule has 0 atom stereocenters. The van der Waals surface area contributed by atoms with E-state index in [1.54, 1.807) is 36.1 Å². The van der Waals surface area contributed by atoms with Crippen molar-refractivity contribution in [1.29, 1.82) is 0 Å². The molecule has 1 N–H and O–H groups in total. The Morgan fingerprint density at radius 3 is 2.33 bits per heavy atom. The zero-order chi connectivity index (χ0) is 23.4. The standard InChI is InChI=1S/C25H27N3O5/c1-17(13-24(30)26-21-6-4-20(5-7-21)18(2)29)25(31)28-11-9-27(10-12-28)15-19-3-8-22-23(14-19)33-16-32-22/h3-8,13-14H,9-12,15-16H2,1-2H3,(H,26,30)/b17-13-. The summed E-state index contributed by atoms with van der Waals surface area (Å²) in [5, 5.41) is 2.72. The molecule has 0 saturated carbocycles. The third kappa shape index (κ3) is 5.59. The lowest BCUT2D eigenvalue weighted by Crippen LogP contribution is -2.48. The second-order valence-electron chi connectivity index (χ2n) is 8.21. The highest BCUT2D eigenvalue weighted by Crippen LogP contribution is 2.32. The van der Waals surface area contributed by atoms with Crippen molar-refractivity contribution in [3.8, 4) is 11.5 Å². The Hall–Kier alpha value is -3.65. The normalized spacial score (nSPS) is 15.9. The van der Waals surface area contributed by atoms with Gasteiger partial charge in [0.05, 0.1) is 0 Å². The topological polar surface area (TPSA) is 88.2 Å². The first-order chi connectivity index (χ1) is 15.9. The maximum Gasteiger partial charge on any atom is 0.249 e. The number of carbonyl (C=O) groups excluding carboxylic acids is 3. The summed E-state index contributed by atoms with van der Waals surface area (Å²) >= 11 is 0. The number of fused-ring (bicyclic) bond motifs is 1. The molecule has 2 amide bonds. The fourth-order valence-electron chi connectivity index (χ4n) is 3.88. The molecule has 0 aliphatic carbocycles. The van der Waals surface area contributed by atoms with Gasteiger partial charge in [-0.2, -0.15) is 0 Å². The number of benzene rings is 2. The summed E-state index contributed by atoms with van der Waals surface area (Å²) in [6, 6.07) is 12.6. The van der Waals surface area contributed by atoms with Crippen LogP contribution in [0, 0.1) is 0 Å². The summed E-state index contributed by atoms with van der Waals surface area (Å²) in [5.41, 5.74) is 2.67. The lowest BCUT2D eigenvalue weighted by molar-refractivity contribution is -0.129. The molecule has 33 heavy (non-hydrogen) atoms. The van der Waals surface area contributed by atoms with Crippen LogP contribution in [0.2, 0.25) is 0 Å². The van der Waals surface area contributed by atoms with Gasteiger partial charge in [0, 0.05) is 55.6 Å². The number of hydrogen-bond donors (Lipinski definition) is 1. The molecule has 0 radical (unpaired) electrons. The Kier molecular flexibility index (Phi) is 6.74. The van der Waals surface area contributed by atoms with Crippen LogP contribution in [0.5, 0.6) is 11.5 Å². The highest BCUT2D eigenvalue weighted by molar-refractivity contribution is 6.06. The first-order valence-corrected chi connectivity index (χ1v) is 10.9. The average Bonchev–Trinajstić information content (AvgIpc) is 3.27. The number of nitrogens with zero attached hydrogens (tertiary/aromatic N) is 2. The van der Waals surface area contributed by atoms with Crippen LogP contribution in [-0.2, 0) is 16.1 Å². The van der Waals surface area contributed by atoms with Crippen molar-refractivity contribution in [3.63, 3.8) is 0 Å². The Balaban J connectivity index is 1.27. The van der Waals surface area contributed by atoms with Crippen molar-refractivity contribution in [1.82, 2.24) is 9.80 Å². The Morgan fingerprint density at radius 1 is 0.939 bits per heavy atom. The van der Waals surface area contributed by atoms with Crippen LogP contribution in [0.3, 0.4) is 0 Å². The van der Waals surface area contributed by atoms with Gasteiger partial charge in [-0.25, -0.2) is 0 Å². The second kappa shape index (κ2) is 9.87. The molecule has 0 spiro atoms. The number of carbonyl (C=O) groups is 3. The first-order valence-electron chi connectivity index (χ1n) is 10.9. The Bertz CT molecular complexity index is 1090. The number of ether oxygens (including phenoxy) is 2. The van der Waals surface area contributed by atoms with Gasteiger partial charge in [-0.05, 0) is 55.8 Å². The van der Waals surface area contributed by atoms with Crippen molar-refractivity contribution in [2.45, 2.75) is 20.4 Å². The third-order valence-corrected chi connectivity index (χ3v) is 5.75. The molecular formula is C25H27N3O5. The van der Waals surface area contributed by atoms with Crippen LogP contribution in [-0.4, -0.2) is 60.4 Å². The zero-order valence-corrected chi connectivity index (χ0v) is 18.8. The summed E-state index contributed by atoms with van der Waals surface area (Å²) in [7, 11) is 0. The first kappa shape index (κ1) is 22.5. The molecular weight excluding hydrogens is 422 g/mol. The molecule has 2 aromatic rings.